The lowest BCUT2D eigenvalue weighted by molar-refractivity contribution is 0.0376. The lowest BCUT2D eigenvalue weighted by atomic mass is 10.0. The number of hydrogen-bond donors (Lipinski definition) is 0. The molecule has 1 aliphatic rings. The van der Waals surface area contributed by atoms with E-state index in [2.05, 4.69) is 30.9 Å². The maximum Gasteiger partial charge on any atom is 0.264 e. The zero-order valence-corrected chi connectivity index (χ0v) is 22.1. The van der Waals surface area contributed by atoms with Gasteiger partial charge in [-0.2, -0.15) is 0 Å². The van der Waals surface area contributed by atoms with Crippen molar-refractivity contribution in [3.8, 4) is 5.75 Å². The van der Waals surface area contributed by atoms with E-state index in [9.17, 15) is 4.79 Å². The quantitative estimate of drug-likeness (QED) is 0.303. The lowest BCUT2D eigenvalue weighted by Crippen LogP contribution is -2.39. The largest absolute Gasteiger partial charge is 0.493 e. The van der Waals surface area contributed by atoms with Gasteiger partial charge in [-0.05, 0) is 61.2 Å². The van der Waals surface area contributed by atoms with Gasteiger partial charge in [0.15, 0.2) is 5.13 Å². The van der Waals surface area contributed by atoms with E-state index < -0.39 is 0 Å². The van der Waals surface area contributed by atoms with Crippen LogP contribution >= 0.6 is 11.3 Å². The summed E-state index contributed by atoms with van der Waals surface area (Å²) in [5.74, 6) is 0.554. The molecule has 4 aromatic rings. The Labute approximate surface area is 216 Å². The highest BCUT2D eigenvalue weighted by Gasteiger charge is 2.26. The number of amides is 1. The third kappa shape index (κ3) is 5.09. The molecule has 0 aliphatic carbocycles. The number of rotatable bonds is 8. The van der Waals surface area contributed by atoms with Gasteiger partial charge in [0.05, 0.1) is 35.6 Å². The summed E-state index contributed by atoms with van der Waals surface area (Å²) >= 11 is 1.59. The summed E-state index contributed by atoms with van der Waals surface area (Å²) in [6.45, 7) is 11.6. The van der Waals surface area contributed by atoms with Gasteiger partial charge in [0.1, 0.15) is 5.75 Å². The fourth-order valence-corrected chi connectivity index (χ4v) is 5.96. The van der Waals surface area contributed by atoms with Crippen LogP contribution in [0.4, 0.5) is 5.13 Å². The van der Waals surface area contributed by atoms with Crippen molar-refractivity contribution in [3.63, 3.8) is 0 Å². The Balaban J connectivity index is 1.54. The summed E-state index contributed by atoms with van der Waals surface area (Å²) in [4.78, 5) is 23.6. The molecule has 188 valence electrons. The van der Waals surface area contributed by atoms with Crippen LogP contribution in [0.25, 0.3) is 21.0 Å². The second kappa shape index (κ2) is 10.9. The number of aromatic nitrogens is 1. The monoisotopic (exact) mass is 503 g/mol. The molecule has 0 atom stereocenters. The number of aryl methyl sites for hydroxylation is 2. The van der Waals surface area contributed by atoms with Gasteiger partial charge < -0.3 is 9.47 Å². The van der Waals surface area contributed by atoms with E-state index in [1.165, 1.54) is 11.1 Å². The van der Waals surface area contributed by atoms with Gasteiger partial charge in [-0.15, -0.1) is 0 Å². The Morgan fingerprint density at radius 1 is 1.14 bits per heavy atom. The van der Waals surface area contributed by atoms with E-state index in [0.717, 1.165) is 65.4 Å². The van der Waals surface area contributed by atoms with Crippen molar-refractivity contribution >= 4 is 43.4 Å². The summed E-state index contributed by atoms with van der Waals surface area (Å²) in [5, 5.41) is 2.66. The first-order chi connectivity index (χ1) is 17.5. The topological polar surface area (TPSA) is 54.9 Å². The van der Waals surface area contributed by atoms with Gasteiger partial charge in [0, 0.05) is 26.2 Å². The average molecular weight is 504 g/mol. The summed E-state index contributed by atoms with van der Waals surface area (Å²) < 4.78 is 12.6. The van der Waals surface area contributed by atoms with Gasteiger partial charge in [-0.3, -0.25) is 14.6 Å². The van der Waals surface area contributed by atoms with Crippen molar-refractivity contribution in [1.29, 1.82) is 0 Å². The number of fused-ring (bicyclic) bond motifs is 2. The third-order valence-corrected chi connectivity index (χ3v) is 7.88. The van der Waals surface area contributed by atoms with E-state index in [4.69, 9.17) is 14.5 Å². The van der Waals surface area contributed by atoms with E-state index >= 15 is 0 Å². The number of carbonyl (C=O) groups is 1. The highest BCUT2D eigenvalue weighted by Crippen LogP contribution is 2.35. The number of nitrogens with zero attached hydrogens (tertiary/aromatic N) is 3. The van der Waals surface area contributed by atoms with Gasteiger partial charge >= 0.3 is 0 Å². The minimum atomic E-state index is -0.0642. The van der Waals surface area contributed by atoms with Crippen molar-refractivity contribution in [2.45, 2.75) is 27.2 Å². The van der Waals surface area contributed by atoms with E-state index in [1.54, 1.807) is 11.3 Å². The zero-order valence-electron chi connectivity index (χ0n) is 21.3. The Hall–Kier alpha value is -3.00. The number of thiazole rings is 1. The highest BCUT2D eigenvalue weighted by molar-refractivity contribution is 7.22. The minimum Gasteiger partial charge on any atom is -0.493 e. The molecule has 0 bridgehead atoms. The molecule has 6 nitrogen and oxygen atoms in total. The van der Waals surface area contributed by atoms with Gasteiger partial charge in [-0.1, -0.05) is 47.7 Å². The molecular formula is C29H33N3O3S. The van der Waals surface area contributed by atoms with Crippen LogP contribution in [0.2, 0.25) is 0 Å². The van der Waals surface area contributed by atoms with Crippen LogP contribution in [0.15, 0.2) is 48.5 Å². The Morgan fingerprint density at radius 2 is 1.94 bits per heavy atom. The molecule has 2 heterocycles. The van der Waals surface area contributed by atoms with Gasteiger partial charge in [0.25, 0.3) is 5.91 Å². The molecule has 0 unspecified atom stereocenters. The van der Waals surface area contributed by atoms with Crippen molar-refractivity contribution in [2.75, 3.05) is 50.9 Å². The number of ether oxygens (including phenoxy) is 2. The molecule has 3 aromatic carbocycles. The standard InChI is InChI=1S/C29H33N3O3S/c1-4-35-25-11-10-22-8-5-6-9-23(22)26(25)28(33)32(13-7-12-31-14-16-34-17-15-31)29-30-24-19-20(2)18-21(3)27(24)36-29/h5-6,8-11,18-19H,4,7,12-17H2,1-3H3. The van der Waals surface area contributed by atoms with Crippen molar-refractivity contribution in [3.05, 3.63) is 65.2 Å². The van der Waals surface area contributed by atoms with Crippen LogP contribution in [-0.2, 0) is 4.74 Å². The molecule has 0 N–H and O–H groups in total. The summed E-state index contributed by atoms with van der Waals surface area (Å²) in [5.41, 5.74) is 3.92. The predicted octanol–water partition coefficient (Wildman–Crippen LogP) is 5.83. The molecule has 0 spiro atoms. The molecule has 0 saturated carbocycles. The van der Waals surface area contributed by atoms with Crippen LogP contribution in [0.1, 0.15) is 34.8 Å². The molecule has 5 rings (SSSR count). The van der Waals surface area contributed by atoms with Crippen molar-refractivity contribution < 1.29 is 14.3 Å². The van der Waals surface area contributed by atoms with Crippen molar-refractivity contribution in [2.24, 2.45) is 0 Å². The number of benzene rings is 3. The maximum atomic E-state index is 14.3. The first-order valence-corrected chi connectivity index (χ1v) is 13.5. The van der Waals surface area contributed by atoms with Gasteiger partial charge in [0.2, 0.25) is 0 Å². The second-order valence-electron chi connectivity index (χ2n) is 9.28. The first-order valence-electron chi connectivity index (χ1n) is 12.7. The smallest absolute Gasteiger partial charge is 0.264 e. The normalized spacial score (nSPS) is 14.4. The van der Waals surface area contributed by atoms with Gasteiger partial charge in [-0.25, -0.2) is 4.98 Å². The van der Waals surface area contributed by atoms with Crippen LogP contribution in [0, 0.1) is 13.8 Å². The second-order valence-corrected chi connectivity index (χ2v) is 10.3. The average Bonchev–Trinajstić information content (AvgIpc) is 3.31. The van der Waals surface area contributed by atoms with Crippen LogP contribution < -0.4 is 9.64 Å². The minimum absolute atomic E-state index is 0.0642. The summed E-state index contributed by atoms with van der Waals surface area (Å²) in [7, 11) is 0. The molecule has 1 aromatic heterocycles. The fourth-order valence-electron chi connectivity index (χ4n) is 4.92. The molecule has 7 heteroatoms. The number of hydrogen-bond acceptors (Lipinski definition) is 6. The molecule has 36 heavy (non-hydrogen) atoms. The third-order valence-electron chi connectivity index (χ3n) is 6.65. The number of morpholine rings is 1. The molecule has 0 radical (unpaired) electrons. The predicted molar refractivity (Wildman–Crippen MR) is 148 cm³/mol. The van der Waals surface area contributed by atoms with Crippen LogP contribution in [0.5, 0.6) is 5.75 Å². The Bertz CT molecular complexity index is 1380. The van der Waals surface area contributed by atoms with E-state index in [1.807, 2.05) is 48.2 Å². The maximum absolute atomic E-state index is 14.3. The molecular weight excluding hydrogens is 470 g/mol. The Kier molecular flexibility index (Phi) is 7.51. The SMILES string of the molecule is CCOc1ccc2ccccc2c1C(=O)N(CCCN1CCOCC1)c1nc2cc(C)cc(C)c2s1. The van der Waals surface area contributed by atoms with Crippen molar-refractivity contribution in [1.82, 2.24) is 9.88 Å². The van der Waals surface area contributed by atoms with E-state index in [0.29, 0.717) is 24.5 Å². The summed E-state index contributed by atoms with van der Waals surface area (Å²) in [6, 6.07) is 16.2. The summed E-state index contributed by atoms with van der Waals surface area (Å²) in [6.07, 6.45) is 0.856. The van der Waals surface area contributed by atoms with Crippen LogP contribution in [0.3, 0.4) is 0 Å². The zero-order chi connectivity index (χ0) is 25.1. The molecule has 1 fully saturated rings. The number of anilines is 1. The molecule has 1 amide bonds. The fraction of sp³-hybridized carbons (Fsp3) is 0.379. The highest BCUT2D eigenvalue weighted by atomic mass is 32.1. The Morgan fingerprint density at radius 3 is 2.75 bits per heavy atom. The lowest BCUT2D eigenvalue weighted by Gasteiger charge is -2.28. The molecule has 1 saturated heterocycles. The van der Waals surface area contributed by atoms with Crippen LogP contribution in [-0.4, -0.2) is 61.8 Å². The first kappa shape index (κ1) is 24.7. The number of carbonyl (C=O) groups excluding carboxylic acids is 1. The van der Waals surface area contributed by atoms with E-state index in [-0.39, 0.29) is 5.91 Å². The molecule has 1 aliphatic heterocycles.